The lowest BCUT2D eigenvalue weighted by Crippen LogP contribution is -2.44. The number of halogens is 4. The van der Waals surface area contributed by atoms with E-state index in [4.69, 9.17) is 11.6 Å². The average Bonchev–Trinajstić information content (AvgIpc) is 2.99. The Balaban J connectivity index is 1.64. The second-order valence-electron chi connectivity index (χ2n) is 8.87. The molecular weight excluding hydrogens is 467 g/mol. The molecule has 5 nitrogen and oxygen atoms in total. The number of carbonyl (C=O) groups is 1. The van der Waals surface area contributed by atoms with Crippen LogP contribution >= 0.6 is 11.6 Å². The number of hydrogen-bond acceptors (Lipinski definition) is 4. The molecule has 2 saturated carbocycles. The third-order valence-electron chi connectivity index (χ3n) is 6.34. The van der Waals surface area contributed by atoms with Crippen molar-refractivity contribution in [1.82, 2.24) is 0 Å². The summed E-state index contributed by atoms with van der Waals surface area (Å²) in [5.41, 5.74) is -1.32. The van der Waals surface area contributed by atoms with Gasteiger partial charge in [-0.15, -0.1) is 0 Å². The van der Waals surface area contributed by atoms with Gasteiger partial charge in [0.2, 0.25) is 0 Å². The highest BCUT2D eigenvalue weighted by Crippen LogP contribution is 2.51. The van der Waals surface area contributed by atoms with Gasteiger partial charge in [-0.05, 0) is 62.6 Å². The number of fused-ring (bicyclic) bond motifs is 2. The van der Waals surface area contributed by atoms with Gasteiger partial charge in [-0.1, -0.05) is 11.6 Å². The fourth-order valence-electron chi connectivity index (χ4n) is 5.14. The Labute approximate surface area is 188 Å². The average molecular weight is 488 g/mol. The maximum atomic E-state index is 13.5. The molecule has 2 unspecified atom stereocenters. The third kappa shape index (κ3) is 4.13. The molecule has 172 valence electrons. The van der Waals surface area contributed by atoms with Crippen LogP contribution in [0.15, 0.2) is 35.2 Å². The molecule has 2 atom stereocenters. The molecule has 10 heteroatoms. The molecule has 2 aliphatic rings. The van der Waals surface area contributed by atoms with E-state index in [0.29, 0.717) is 37.8 Å². The molecule has 1 amide bonds. The SMILES string of the molecule is C[C@]1(O)CC2CCC(C1)[C@@H]2S(=O)(=O)c1cc(C(=O)Nc2cc(F)c(F)c(F)c2)ccc1Cl. The lowest BCUT2D eigenvalue weighted by Gasteiger charge is -2.38. The Hall–Kier alpha value is -2.10. The van der Waals surface area contributed by atoms with Crippen molar-refractivity contribution in [2.75, 3.05) is 5.32 Å². The molecule has 4 rings (SSSR count). The molecule has 0 aromatic heterocycles. The molecule has 0 heterocycles. The Morgan fingerprint density at radius 2 is 1.66 bits per heavy atom. The number of rotatable bonds is 4. The fraction of sp³-hybridized carbons (Fsp3) is 0.409. The van der Waals surface area contributed by atoms with Crippen molar-refractivity contribution in [3.05, 3.63) is 58.4 Å². The summed E-state index contributed by atoms with van der Waals surface area (Å²) in [6.07, 6.45) is 2.11. The van der Waals surface area contributed by atoms with Crippen molar-refractivity contribution in [3.63, 3.8) is 0 Å². The summed E-state index contributed by atoms with van der Waals surface area (Å²) in [5, 5.41) is 11.9. The van der Waals surface area contributed by atoms with Gasteiger partial charge in [-0.25, -0.2) is 21.6 Å². The molecule has 32 heavy (non-hydrogen) atoms. The maximum Gasteiger partial charge on any atom is 0.255 e. The van der Waals surface area contributed by atoms with Gasteiger partial charge < -0.3 is 10.4 Å². The zero-order valence-corrected chi connectivity index (χ0v) is 18.6. The quantitative estimate of drug-likeness (QED) is 0.611. The van der Waals surface area contributed by atoms with Crippen molar-refractivity contribution in [2.45, 2.75) is 48.4 Å². The summed E-state index contributed by atoms with van der Waals surface area (Å²) >= 11 is 6.19. The van der Waals surface area contributed by atoms with Crippen LogP contribution < -0.4 is 5.32 Å². The van der Waals surface area contributed by atoms with Crippen LogP contribution in [0.4, 0.5) is 18.9 Å². The maximum absolute atomic E-state index is 13.5. The lowest BCUT2D eigenvalue weighted by molar-refractivity contribution is -0.00176. The summed E-state index contributed by atoms with van der Waals surface area (Å²) in [4.78, 5) is 12.4. The van der Waals surface area contributed by atoms with Crippen molar-refractivity contribution in [2.24, 2.45) is 11.8 Å². The summed E-state index contributed by atoms with van der Waals surface area (Å²) in [7, 11) is -3.92. The Morgan fingerprint density at radius 1 is 1.09 bits per heavy atom. The normalized spacial score (nSPS) is 27.4. The zero-order chi connectivity index (χ0) is 23.4. The van der Waals surface area contributed by atoms with Gasteiger partial charge in [-0.3, -0.25) is 4.79 Å². The Bertz CT molecular complexity index is 1160. The minimum Gasteiger partial charge on any atom is -0.390 e. The smallest absolute Gasteiger partial charge is 0.255 e. The monoisotopic (exact) mass is 487 g/mol. The molecule has 0 radical (unpaired) electrons. The lowest BCUT2D eigenvalue weighted by atomic mass is 9.78. The van der Waals surface area contributed by atoms with Gasteiger partial charge in [0.1, 0.15) is 0 Å². The molecule has 2 aromatic rings. The number of aliphatic hydroxyl groups is 1. The summed E-state index contributed by atoms with van der Waals surface area (Å²) in [6.45, 7) is 1.71. The summed E-state index contributed by atoms with van der Waals surface area (Å²) < 4.78 is 67.0. The first-order valence-electron chi connectivity index (χ1n) is 10.1. The largest absolute Gasteiger partial charge is 0.390 e. The molecular formula is C22H21ClF3NO4S. The minimum absolute atomic E-state index is 0.0443. The van der Waals surface area contributed by atoms with Gasteiger partial charge in [0.25, 0.3) is 5.91 Å². The number of benzene rings is 2. The van der Waals surface area contributed by atoms with Gasteiger partial charge in [0, 0.05) is 23.4 Å². The van der Waals surface area contributed by atoms with Crippen LogP contribution in [0.3, 0.4) is 0 Å². The summed E-state index contributed by atoms with van der Waals surface area (Å²) in [5.74, 6) is -5.87. The van der Waals surface area contributed by atoms with E-state index in [1.54, 1.807) is 6.92 Å². The first-order valence-corrected chi connectivity index (χ1v) is 12.0. The zero-order valence-electron chi connectivity index (χ0n) is 17.0. The molecule has 2 fully saturated rings. The second kappa shape index (κ2) is 8.04. The first-order chi connectivity index (χ1) is 14.9. The standard InChI is InChI=1S/C22H21ClF3NO4S/c1-22(29)9-12-2-3-13(10-22)20(12)32(30,31)18-6-11(4-5-15(18)23)21(28)27-14-7-16(24)19(26)17(25)8-14/h4-8,12-13,20,29H,2-3,9-10H2,1H3,(H,27,28)/t12?,13?,20-,22+. The van der Waals surface area contributed by atoms with Crippen LogP contribution in [0.1, 0.15) is 43.0 Å². The van der Waals surface area contributed by atoms with E-state index in [1.807, 2.05) is 0 Å². The number of sulfone groups is 1. The Morgan fingerprint density at radius 3 is 2.22 bits per heavy atom. The minimum atomic E-state index is -3.92. The topological polar surface area (TPSA) is 83.5 Å². The van der Waals surface area contributed by atoms with Crippen LogP contribution in [0.25, 0.3) is 0 Å². The molecule has 2 N–H and O–H groups in total. The van der Waals surface area contributed by atoms with Crippen LogP contribution in [-0.2, 0) is 9.84 Å². The number of nitrogens with one attached hydrogen (secondary N) is 1. The highest BCUT2D eigenvalue weighted by molar-refractivity contribution is 7.92. The van der Waals surface area contributed by atoms with Gasteiger partial charge in [0.05, 0.1) is 20.8 Å². The summed E-state index contributed by atoms with van der Waals surface area (Å²) in [6, 6.07) is 4.93. The fourth-order valence-corrected chi connectivity index (χ4v) is 7.98. The molecule has 2 aromatic carbocycles. The van der Waals surface area contributed by atoms with E-state index in [9.17, 15) is 31.5 Å². The van der Waals surface area contributed by atoms with E-state index < -0.39 is 44.0 Å². The van der Waals surface area contributed by atoms with Gasteiger partial charge in [0.15, 0.2) is 27.3 Å². The van der Waals surface area contributed by atoms with E-state index in [1.165, 1.54) is 12.1 Å². The van der Waals surface area contributed by atoms with E-state index in [-0.39, 0.29) is 33.0 Å². The molecule has 0 aliphatic heterocycles. The highest BCUT2D eigenvalue weighted by atomic mass is 35.5. The molecule has 2 aliphatic carbocycles. The number of carbonyl (C=O) groups excluding carboxylic acids is 1. The van der Waals surface area contributed by atoms with Crippen LogP contribution in [0, 0.1) is 29.3 Å². The van der Waals surface area contributed by atoms with Gasteiger partial charge in [-0.2, -0.15) is 0 Å². The van der Waals surface area contributed by atoms with Gasteiger partial charge >= 0.3 is 0 Å². The van der Waals surface area contributed by atoms with Crippen molar-refractivity contribution in [1.29, 1.82) is 0 Å². The predicted molar refractivity (Wildman–Crippen MR) is 113 cm³/mol. The van der Waals surface area contributed by atoms with Crippen LogP contribution in [0.5, 0.6) is 0 Å². The van der Waals surface area contributed by atoms with Crippen molar-refractivity contribution < 1.29 is 31.5 Å². The number of amides is 1. The van der Waals surface area contributed by atoms with Crippen molar-refractivity contribution in [3.8, 4) is 0 Å². The molecule has 0 saturated heterocycles. The third-order valence-corrected chi connectivity index (χ3v) is 9.22. The number of anilines is 1. The molecule has 0 spiro atoms. The van der Waals surface area contributed by atoms with Crippen LogP contribution in [0.2, 0.25) is 5.02 Å². The predicted octanol–water partition coefficient (Wildman–Crippen LogP) is 4.72. The van der Waals surface area contributed by atoms with Crippen LogP contribution in [-0.4, -0.2) is 30.3 Å². The Kier molecular flexibility index (Phi) is 5.80. The first kappa shape index (κ1) is 23.1. The molecule has 2 bridgehead atoms. The van der Waals surface area contributed by atoms with E-state index >= 15 is 0 Å². The highest BCUT2D eigenvalue weighted by Gasteiger charge is 2.52. The van der Waals surface area contributed by atoms with E-state index in [0.717, 1.165) is 6.07 Å². The second-order valence-corrected chi connectivity index (χ2v) is 11.3. The number of hydrogen-bond donors (Lipinski definition) is 2. The van der Waals surface area contributed by atoms with E-state index in [2.05, 4.69) is 5.32 Å². The van der Waals surface area contributed by atoms with Crippen molar-refractivity contribution >= 4 is 33.0 Å².